The minimum absolute atomic E-state index is 0.101. The molecule has 1 aliphatic heterocycles. The monoisotopic (exact) mass is 189 g/mol. The van der Waals surface area contributed by atoms with Crippen LogP contribution < -0.4 is 15.5 Å². The maximum atomic E-state index is 11.6. The van der Waals surface area contributed by atoms with Gasteiger partial charge in [0.15, 0.2) is 5.60 Å². The van der Waals surface area contributed by atoms with Crippen molar-refractivity contribution in [1.29, 1.82) is 0 Å². The second kappa shape index (κ2) is 2.77. The van der Waals surface area contributed by atoms with Gasteiger partial charge in [-0.1, -0.05) is 12.1 Å². The standard InChI is InChI=1S/C10H12BNO2/c1-10(2)9(13)12-7-5-3-4-6(11)8(7)14-10/h3-5H,11H2,1-2H3,(H,12,13). The second-order valence-electron chi connectivity index (χ2n) is 4.02. The SMILES string of the molecule is Bc1cccc2c1OC(C)(C)C(=O)N2. The number of hydrogen-bond acceptors (Lipinski definition) is 2. The molecule has 0 atom stereocenters. The van der Waals surface area contributed by atoms with Crippen molar-refractivity contribution >= 4 is 24.9 Å². The molecule has 3 nitrogen and oxygen atoms in total. The first-order valence-corrected chi connectivity index (χ1v) is 4.61. The first kappa shape index (κ1) is 9.12. The number of carbonyl (C=O) groups is 1. The number of fused-ring (bicyclic) bond motifs is 1. The third kappa shape index (κ3) is 1.27. The number of nitrogens with one attached hydrogen (secondary N) is 1. The van der Waals surface area contributed by atoms with Gasteiger partial charge in [-0.25, -0.2) is 0 Å². The van der Waals surface area contributed by atoms with Gasteiger partial charge in [0.05, 0.1) is 5.69 Å². The highest BCUT2D eigenvalue weighted by Crippen LogP contribution is 2.30. The summed E-state index contributed by atoms with van der Waals surface area (Å²) in [6.45, 7) is 3.52. The van der Waals surface area contributed by atoms with Crippen molar-refractivity contribution in [2.45, 2.75) is 19.4 Å². The Bertz CT molecular complexity index is 401. The van der Waals surface area contributed by atoms with Crippen molar-refractivity contribution < 1.29 is 9.53 Å². The van der Waals surface area contributed by atoms with E-state index in [0.717, 1.165) is 16.9 Å². The summed E-state index contributed by atoms with van der Waals surface area (Å²) in [5.41, 5.74) is 1.02. The summed E-state index contributed by atoms with van der Waals surface area (Å²) in [4.78, 5) is 11.6. The zero-order chi connectivity index (χ0) is 10.3. The molecule has 1 aliphatic rings. The smallest absolute Gasteiger partial charge is 0.268 e. The van der Waals surface area contributed by atoms with E-state index in [9.17, 15) is 4.79 Å². The summed E-state index contributed by atoms with van der Waals surface area (Å²) in [5, 5.41) is 2.83. The number of benzene rings is 1. The van der Waals surface area contributed by atoms with E-state index in [-0.39, 0.29) is 5.91 Å². The Labute approximate surface area is 83.9 Å². The maximum Gasteiger partial charge on any atom is 0.268 e. The second-order valence-corrected chi connectivity index (χ2v) is 4.02. The van der Waals surface area contributed by atoms with Crippen LogP contribution in [-0.2, 0) is 4.79 Å². The van der Waals surface area contributed by atoms with E-state index in [1.165, 1.54) is 0 Å². The fourth-order valence-electron chi connectivity index (χ4n) is 1.46. The molecule has 0 unspecified atom stereocenters. The van der Waals surface area contributed by atoms with E-state index in [4.69, 9.17) is 4.74 Å². The van der Waals surface area contributed by atoms with Crippen LogP contribution in [0.1, 0.15) is 13.8 Å². The van der Waals surface area contributed by atoms with Gasteiger partial charge in [-0.2, -0.15) is 0 Å². The molecule has 1 N–H and O–H groups in total. The fourth-order valence-corrected chi connectivity index (χ4v) is 1.46. The Morgan fingerprint density at radius 2 is 2.14 bits per heavy atom. The van der Waals surface area contributed by atoms with Gasteiger partial charge in [0.1, 0.15) is 13.6 Å². The molecule has 4 heteroatoms. The van der Waals surface area contributed by atoms with Crippen molar-refractivity contribution in [3.05, 3.63) is 18.2 Å². The van der Waals surface area contributed by atoms with Crippen molar-refractivity contribution in [3.8, 4) is 5.75 Å². The largest absolute Gasteiger partial charge is 0.476 e. The van der Waals surface area contributed by atoms with Gasteiger partial charge in [-0.3, -0.25) is 4.79 Å². The van der Waals surface area contributed by atoms with Crippen molar-refractivity contribution in [1.82, 2.24) is 0 Å². The van der Waals surface area contributed by atoms with Crippen LogP contribution >= 0.6 is 0 Å². The predicted octanol–water partition coefficient (Wildman–Crippen LogP) is 0.0545. The first-order valence-electron chi connectivity index (χ1n) is 4.61. The molecular formula is C10H12BNO2. The molecule has 14 heavy (non-hydrogen) atoms. The average molecular weight is 189 g/mol. The van der Waals surface area contributed by atoms with Crippen LogP contribution in [0.5, 0.6) is 5.75 Å². The van der Waals surface area contributed by atoms with E-state index in [2.05, 4.69) is 5.32 Å². The Balaban J connectivity index is 2.51. The molecule has 0 saturated carbocycles. The van der Waals surface area contributed by atoms with E-state index in [1.807, 2.05) is 26.0 Å². The summed E-state index contributed by atoms with van der Waals surface area (Å²) in [5.74, 6) is 0.674. The molecule has 72 valence electrons. The van der Waals surface area contributed by atoms with Gasteiger partial charge in [0.25, 0.3) is 5.91 Å². The molecule has 0 spiro atoms. The van der Waals surface area contributed by atoms with Crippen LogP contribution in [0.25, 0.3) is 0 Å². The van der Waals surface area contributed by atoms with Crippen LogP contribution in [0.15, 0.2) is 18.2 Å². The number of hydrogen-bond donors (Lipinski definition) is 1. The van der Waals surface area contributed by atoms with Crippen LogP contribution in [0.2, 0.25) is 0 Å². The predicted molar refractivity (Wildman–Crippen MR) is 58.0 cm³/mol. The molecular weight excluding hydrogens is 177 g/mol. The molecule has 0 bridgehead atoms. The number of rotatable bonds is 0. The molecule has 1 aromatic carbocycles. The summed E-state index contributed by atoms with van der Waals surface area (Å²) in [7, 11) is 1.96. The number of ether oxygens (including phenoxy) is 1. The average Bonchev–Trinajstić information content (AvgIpc) is 2.09. The van der Waals surface area contributed by atoms with Gasteiger partial charge < -0.3 is 10.1 Å². The van der Waals surface area contributed by atoms with Gasteiger partial charge in [-0.05, 0) is 25.4 Å². The first-order chi connectivity index (χ1) is 6.50. The molecule has 0 aliphatic carbocycles. The summed E-state index contributed by atoms with van der Waals surface area (Å²) in [6.07, 6.45) is 0. The third-order valence-corrected chi connectivity index (χ3v) is 2.36. The third-order valence-electron chi connectivity index (χ3n) is 2.36. The van der Waals surface area contributed by atoms with Gasteiger partial charge >= 0.3 is 0 Å². The minimum Gasteiger partial charge on any atom is -0.476 e. The summed E-state index contributed by atoms with van der Waals surface area (Å²) < 4.78 is 5.65. The lowest BCUT2D eigenvalue weighted by Gasteiger charge is -2.32. The van der Waals surface area contributed by atoms with Crippen LogP contribution in [0.3, 0.4) is 0 Å². The zero-order valence-electron chi connectivity index (χ0n) is 8.55. The van der Waals surface area contributed by atoms with E-state index in [1.54, 1.807) is 13.8 Å². The molecule has 1 heterocycles. The van der Waals surface area contributed by atoms with Crippen LogP contribution in [0, 0.1) is 0 Å². The van der Waals surface area contributed by atoms with Gasteiger partial charge in [0, 0.05) is 0 Å². The fraction of sp³-hybridized carbons (Fsp3) is 0.300. The molecule has 0 fully saturated rings. The Morgan fingerprint density at radius 3 is 2.86 bits per heavy atom. The van der Waals surface area contributed by atoms with Crippen LogP contribution in [0.4, 0.5) is 5.69 Å². The van der Waals surface area contributed by atoms with Gasteiger partial charge in [-0.15, -0.1) is 0 Å². The molecule has 1 aromatic rings. The number of amides is 1. The highest BCUT2D eigenvalue weighted by molar-refractivity contribution is 6.35. The topological polar surface area (TPSA) is 38.3 Å². The molecule has 0 saturated heterocycles. The number of para-hydroxylation sites is 1. The highest BCUT2D eigenvalue weighted by atomic mass is 16.5. The molecule has 2 rings (SSSR count). The minimum atomic E-state index is -0.779. The maximum absolute atomic E-state index is 11.6. The Morgan fingerprint density at radius 1 is 1.43 bits per heavy atom. The van der Waals surface area contributed by atoms with Crippen molar-refractivity contribution in [2.75, 3.05) is 5.32 Å². The van der Waals surface area contributed by atoms with E-state index < -0.39 is 5.60 Å². The summed E-state index contributed by atoms with van der Waals surface area (Å²) in [6, 6.07) is 5.71. The van der Waals surface area contributed by atoms with Crippen molar-refractivity contribution in [3.63, 3.8) is 0 Å². The number of carbonyl (C=O) groups excluding carboxylic acids is 1. The molecule has 0 aromatic heterocycles. The summed E-state index contributed by atoms with van der Waals surface area (Å²) >= 11 is 0. The number of anilines is 1. The van der Waals surface area contributed by atoms with E-state index >= 15 is 0 Å². The normalized spacial score (nSPS) is 18.0. The van der Waals surface area contributed by atoms with E-state index in [0.29, 0.717) is 0 Å². The Kier molecular flexibility index (Phi) is 1.81. The van der Waals surface area contributed by atoms with Crippen molar-refractivity contribution in [2.24, 2.45) is 0 Å². The molecule has 1 amide bonds. The zero-order valence-corrected chi connectivity index (χ0v) is 8.55. The highest BCUT2D eigenvalue weighted by Gasteiger charge is 2.35. The quantitative estimate of drug-likeness (QED) is 0.585. The van der Waals surface area contributed by atoms with Gasteiger partial charge in [0.2, 0.25) is 0 Å². The lowest BCUT2D eigenvalue weighted by atomic mass is 9.92. The lowest BCUT2D eigenvalue weighted by Crippen LogP contribution is -2.47. The van der Waals surface area contributed by atoms with Crippen LogP contribution in [-0.4, -0.2) is 19.4 Å². The lowest BCUT2D eigenvalue weighted by molar-refractivity contribution is -0.129. The molecule has 0 radical (unpaired) electrons. The Hall–Kier alpha value is -1.45.